The van der Waals surface area contributed by atoms with Crippen molar-refractivity contribution >= 4 is 44.9 Å². The van der Waals surface area contributed by atoms with Crippen LogP contribution in [0.3, 0.4) is 0 Å². The van der Waals surface area contributed by atoms with Gasteiger partial charge in [0.15, 0.2) is 0 Å². The summed E-state index contributed by atoms with van der Waals surface area (Å²) in [5.74, 6) is 0.525. The predicted molar refractivity (Wildman–Crippen MR) is 90.5 cm³/mol. The first-order valence-electron chi connectivity index (χ1n) is 6.25. The van der Waals surface area contributed by atoms with E-state index in [9.17, 15) is 4.79 Å². The average Bonchev–Trinajstić information content (AvgIpc) is 2.81. The highest BCUT2D eigenvalue weighted by Crippen LogP contribution is 2.25. The molecule has 106 valence electrons. The number of amides is 1. The van der Waals surface area contributed by atoms with Crippen molar-refractivity contribution in [1.29, 1.82) is 0 Å². The lowest BCUT2D eigenvalue weighted by Crippen LogP contribution is -2.24. The van der Waals surface area contributed by atoms with E-state index >= 15 is 0 Å². The number of hydrogen-bond acceptors (Lipinski definition) is 3. The van der Waals surface area contributed by atoms with Crippen LogP contribution in [0, 0.1) is 13.8 Å². The molecule has 2 nitrogen and oxygen atoms in total. The molecule has 0 fully saturated rings. The van der Waals surface area contributed by atoms with Crippen molar-refractivity contribution in [3.05, 3.63) is 50.1 Å². The maximum atomic E-state index is 11.9. The van der Waals surface area contributed by atoms with E-state index in [1.165, 1.54) is 16.0 Å². The number of nitrogens with one attached hydrogen (secondary N) is 1. The second kappa shape index (κ2) is 7.29. The van der Waals surface area contributed by atoms with Gasteiger partial charge in [0.05, 0.1) is 12.3 Å². The summed E-state index contributed by atoms with van der Waals surface area (Å²) in [6, 6.07) is 8.18. The largest absolute Gasteiger partial charge is 0.350 e. The van der Waals surface area contributed by atoms with Crippen LogP contribution in [0.25, 0.3) is 0 Å². The molecule has 0 atom stereocenters. The Hall–Kier alpha value is -0.780. The van der Waals surface area contributed by atoms with E-state index in [4.69, 9.17) is 0 Å². The summed E-state index contributed by atoms with van der Waals surface area (Å²) in [6.45, 7) is 4.75. The first kappa shape index (κ1) is 15.6. The molecule has 0 radical (unpaired) electrons. The fraction of sp³-hybridized carbons (Fsp3) is 0.267. The number of hydrogen-bond donors (Lipinski definition) is 1. The summed E-state index contributed by atoms with van der Waals surface area (Å²) in [7, 11) is 0. The molecule has 0 saturated heterocycles. The van der Waals surface area contributed by atoms with Crippen molar-refractivity contribution in [2.24, 2.45) is 0 Å². The topological polar surface area (TPSA) is 29.1 Å². The normalized spacial score (nSPS) is 10.6. The van der Waals surface area contributed by atoms with Gasteiger partial charge in [-0.1, -0.05) is 15.9 Å². The molecule has 20 heavy (non-hydrogen) atoms. The molecule has 1 amide bonds. The Morgan fingerprint density at radius 2 is 2.10 bits per heavy atom. The van der Waals surface area contributed by atoms with Gasteiger partial charge in [0, 0.05) is 14.2 Å². The number of thioether (sulfide) groups is 1. The number of aryl methyl sites for hydroxylation is 2. The summed E-state index contributed by atoms with van der Waals surface area (Å²) in [6.07, 6.45) is 0. The summed E-state index contributed by atoms with van der Waals surface area (Å²) in [5.41, 5.74) is 2.43. The molecule has 1 aromatic heterocycles. The highest BCUT2D eigenvalue weighted by molar-refractivity contribution is 9.10. The average molecular weight is 370 g/mol. The number of rotatable bonds is 5. The van der Waals surface area contributed by atoms with Gasteiger partial charge in [-0.25, -0.2) is 0 Å². The molecule has 0 spiro atoms. The molecule has 0 unspecified atom stereocenters. The molecule has 0 saturated carbocycles. The van der Waals surface area contributed by atoms with Gasteiger partial charge in [-0.05, 0) is 54.6 Å². The number of benzene rings is 1. The van der Waals surface area contributed by atoms with Gasteiger partial charge in [-0.3, -0.25) is 4.79 Å². The second-order valence-corrected chi connectivity index (χ2v) is 7.44. The molecule has 1 aromatic carbocycles. The molecule has 5 heteroatoms. The van der Waals surface area contributed by atoms with E-state index in [-0.39, 0.29) is 5.91 Å². The van der Waals surface area contributed by atoms with Crippen LogP contribution in [0.5, 0.6) is 0 Å². The minimum Gasteiger partial charge on any atom is -0.350 e. The highest BCUT2D eigenvalue weighted by atomic mass is 79.9. The molecule has 1 heterocycles. The first-order valence-corrected chi connectivity index (χ1v) is 8.90. The van der Waals surface area contributed by atoms with Crippen LogP contribution in [-0.2, 0) is 11.3 Å². The van der Waals surface area contributed by atoms with Crippen LogP contribution in [0.15, 0.2) is 39.0 Å². The highest BCUT2D eigenvalue weighted by Gasteiger charge is 2.06. The second-order valence-electron chi connectivity index (χ2n) is 4.50. The number of carbonyl (C=O) groups is 1. The third kappa shape index (κ3) is 4.36. The van der Waals surface area contributed by atoms with E-state index in [0.717, 1.165) is 9.37 Å². The fourth-order valence-electron chi connectivity index (χ4n) is 1.73. The van der Waals surface area contributed by atoms with Crippen LogP contribution in [-0.4, -0.2) is 11.7 Å². The molecule has 2 rings (SSSR count). The van der Waals surface area contributed by atoms with Gasteiger partial charge in [-0.2, -0.15) is 0 Å². The number of halogens is 1. The minimum atomic E-state index is 0.0742. The maximum absolute atomic E-state index is 11.9. The lowest BCUT2D eigenvalue weighted by molar-refractivity contribution is -0.118. The van der Waals surface area contributed by atoms with Gasteiger partial charge in [0.25, 0.3) is 0 Å². The lowest BCUT2D eigenvalue weighted by atomic mass is 10.2. The molecule has 0 aliphatic rings. The molecule has 0 aliphatic heterocycles. The van der Waals surface area contributed by atoms with E-state index in [1.807, 2.05) is 12.1 Å². The summed E-state index contributed by atoms with van der Waals surface area (Å²) in [5, 5.41) is 5.02. The molecular formula is C15H16BrNOS2. The minimum absolute atomic E-state index is 0.0742. The van der Waals surface area contributed by atoms with Crippen molar-refractivity contribution in [2.45, 2.75) is 25.3 Å². The fourth-order valence-corrected chi connectivity index (χ4v) is 3.89. The van der Waals surface area contributed by atoms with Gasteiger partial charge in [0.1, 0.15) is 0 Å². The van der Waals surface area contributed by atoms with Crippen LogP contribution < -0.4 is 5.32 Å². The number of carbonyl (C=O) groups excluding carboxylic acids is 1. The molecule has 2 aromatic rings. The molecule has 0 aliphatic carbocycles. The zero-order valence-corrected chi connectivity index (χ0v) is 14.6. The Balaban J connectivity index is 1.82. The number of thiophene rings is 1. The molecule has 0 bridgehead atoms. The van der Waals surface area contributed by atoms with E-state index in [1.54, 1.807) is 23.1 Å². The summed E-state index contributed by atoms with van der Waals surface area (Å²) >= 11 is 6.70. The Kier molecular flexibility index (Phi) is 5.69. The summed E-state index contributed by atoms with van der Waals surface area (Å²) < 4.78 is 1.07. The Morgan fingerprint density at radius 1 is 1.30 bits per heavy atom. The van der Waals surface area contributed by atoms with Crippen molar-refractivity contribution < 1.29 is 4.79 Å². The Labute approximate surface area is 136 Å². The van der Waals surface area contributed by atoms with Gasteiger partial charge in [0.2, 0.25) is 5.91 Å². The zero-order valence-electron chi connectivity index (χ0n) is 11.4. The van der Waals surface area contributed by atoms with Crippen molar-refractivity contribution in [1.82, 2.24) is 5.32 Å². The van der Waals surface area contributed by atoms with Crippen LogP contribution in [0.2, 0.25) is 0 Å². The van der Waals surface area contributed by atoms with Gasteiger partial charge < -0.3 is 5.32 Å². The maximum Gasteiger partial charge on any atom is 0.230 e. The molecule has 1 N–H and O–H groups in total. The third-order valence-corrected chi connectivity index (χ3v) is 5.60. The predicted octanol–water partition coefficient (Wildman–Crippen LogP) is 4.54. The van der Waals surface area contributed by atoms with Crippen LogP contribution >= 0.6 is 39.0 Å². The van der Waals surface area contributed by atoms with E-state index < -0.39 is 0 Å². The van der Waals surface area contributed by atoms with Gasteiger partial charge in [-0.15, -0.1) is 23.1 Å². The Bertz CT molecular complexity index is 610. The zero-order chi connectivity index (χ0) is 14.5. The van der Waals surface area contributed by atoms with E-state index in [0.29, 0.717) is 12.3 Å². The molecular weight excluding hydrogens is 354 g/mol. The quantitative estimate of drug-likeness (QED) is 0.784. The standard InChI is InChI=1S/C15H16BrNOS2/c1-10-5-6-19-14(10)8-17-15(18)9-20-13-4-3-12(16)7-11(13)2/h3-7H,8-9H2,1-2H3,(H,17,18). The van der Waals surface area contributed by atoms with Crippen LogP contribution in [0.4, 0.5) is 0 Å². The first-order chi connectivity index (χ1) is 9.56. The van der Waals surface area contributed by atoms with E-state index in [2.05, 4.69) is 52.6 Å². The SMILES string of the molecule is Cc1cc(Br)ccc1SCC(=O)NCc1sccc1C. The van der Waals surface area contributed by atoms with Crippen LogP contribution in [0.1, 0.15) is 16.0 Å². The monoisotopic (exact) mass is 369 g/mol. The Morgan fingerprint density at radius 3 is 2.75 bits per heavy atom. The third-order valence-electron chi connectivity index (χ3n) is 2.91. The summed E-state index contributed by atoms with van der Waals surface area (Å²) in [4.78, 5) is 14.2. The lowest BCUT2D eigenvalue weighted by Gasteiger charge is -2.07. The smallest absolute Gasteiger partial charge is 0.230 e. The van der Waals surface area contributed by atoms with Gasteiger partial charge >= 0.3 is 0 Å². The van der Waals surface area contributed by atoms with Crippen molar-refractivity contribution in [3.8, 4) is 0 Å². The van der Waals surface area contributed by atoms with Crippen molar-refractivity contribution in [3.63, 3.8) is 0 Å². The van der Waals surface area contributed by atoms with Crippen molar-refractivity contribution in [2.75, 3.05) is 5.75 Å².